The summed E-state index contributed by atoms with van der Waals surface area (Å²) < 4.78 is 6.21. The first-order valence-electron chi connectivity index (χ1n) is 6.58. The van der Waals surface area contributed by atoms with Gasteiger partial charge in [-0.05, 0) is 30.7 Å². The highest BCUT2D eigenvalue weighted by atomic mass is 79.9. The highest BCUT2D eigenvalue weighted by Crippen LogP contribution is 2.15. The number of ether oxygens (including phenoxy) is 1. The van der Waals surface area contributed by atoms with Crippen LogP contribution in [-0.2, 0) is 9.59 Å². The molecule has 2 N–H and O–H groups in total. The van der Waals surface area contributed by atoms with Gasteiger partial charge >= 0.3 is 0 Å². The lowest BCUT2D eigenvalue weighted by Gasteiger charge is -2.08. The van der Waals surface area contributed by atoms with E-state index in [-0.39, 0.29) is 12.5 Å². The van der Waals surface area contributed by atoms with E-state index in [1.165, 1.54) is 0 Å². The standard InChI is InChI=1S/C14H19BrN2O3/c1-2-3-4-5-13(18)16-17-14(19)10-20-12-8-6-11(15)7-9-12/h6-9H,2-5,10H2,1H3,(H,16,18)(H,17,19). The van der Waals surface area contributed by atoms with Gasteiger partial charge in [0, 0.05) is 10.9 Å². The van der Waals surface area contributed by atoms with Gasteiger partial charge < -0.3 is 4.74 Å². The van der Waals surface area contributed by atoms with E-state index in [9.17, 15) is 9.59 Å². The molecule has 2 amide bonds. The van der Waals surface area contributed by atoms with Gasteiger partial charge in [-0.3, -0.25) is 20.4 Å². The van der Waals surface area contributed by atoms with Crippen LogP contribution in [0.4, 0.5) is 0 Å². The molecule has 0 aliphatic carbocycles. The normalized spacial score (nSPS) is 9.90. The number of amides is 2. The van der Waals surface area contributed by atoms with E-state index >= 15 is 0 Å². The molecule has 0 saturated carbocycles. The van der Waals surface area contributed by atoms with E-state index in [2.05, 4.69) is 33.7 Å². The maximum atomic E-state index is 11.5. The molecule has 6 heteroatoms. The zero-order valence-electron chi connectivity index (χ0n) is 11.4. The van der Waals surface area contributed by atoms with Crippen molar-refractivity contribution in [1.82, 2.24) is 10.9 Å². The van der Waals surface area contributed by atoms with E-state index in [1.54, 1.807) is 12.1 Å². The van der Waals surface area contributed by atoms with Crippen molar-refractivity contribution in [3.8, 4) is 5.75 Å². The molecule has 0 unspecified atom stereocenters. The average molecular weight is 343 g/mol. The molecule has 1 aromatic rings. The third kappa shape index (κ3) is 7.13. The van der Waals surface area contributed by atoms with Crippen molar-refractivity contribution >= 4 is 27.7 Å². The molecule has 0 spiro atoms. The number of rotatable bonds is 7. The van der Waals surface area contributed by atoms with Gasteiger partial charge in [0.05, 0.1) is 0 Å². The van der Waals surface area contributed by atoms with Gasteiger partial charge in [0.2, 0.25) is 5.91 Å². The molecule has 0 aliphatic rings. The smallest absolute Gasteiger partial charge is 0.276 e. The van der Waals surface area contributed by atoms with Crippen molar-refractivity contribution in [2.45, 2.75) is 32.6 Å². The molecule has 0 aromatic heterocycles. The summed E-state index contributed by atoms with van der Waals surface area (Å²) in [7, 11) is 0. The summed E-state index contributed by atoms with van der Waals surface area (Å²) in [5, 5.41) is 0. The van der Waals surface area contributed by atoms with Gasteiger partial charge in [-0.15, -0.1) is 0 Å². The van der Waals surface area contributed by atoms with Crippen LogP contribution in [0, 0.1) is 0 Å². The van der Waals surface area contributed by atoms with Crippen LogP contribution in [0.3, 0.4) is 0 Å². The summed E-state index contributed by atoms with van der Waals surface area (Å²) in [4.78, 5) is 22.8. The number of hydrogen-bond donors (Lipinski definition) is 2. The maximum absolute atomic E-state index is 11.5. The average Bonchev–Trinajstić information content (AvgIpc) is 2.45. The van der Waals surface area contributed by atoms with Gasteiger partial charge in [-0.2, -0.15) is 0 Å². The molecule has 0 fully saturated rings. The Bertz CT molecular complexity index is 435. The van der Waals surface area contributed by atoms with Gasteiger partial charge in [-0.1, -0.05) is 35.7 Å². The Morgan fingerprint density at radius 3 is 2.40 bits per heavy atom. The van der Waals surface area contributed by atoms with Gasteiger partial charge in [0.15, 0.2) is 6.61 Å². The minimum Gasteiger partial charge on any atom is -0.484 e. The van der Waals surface area contributed by atoms with Crippen molar-refractivity contribution in [2.75, 3.05) is 6.61 Å². The van der Waals surface area contributed by atoms with Crippen molar-refractivity contribution < 1.29 is 14.3 Å². The Morgan fingerprint density at radius 1 is 1.10 bits per heavy atom. The molecular formula is C14H19BrN2O3. The fourth-order valence-corrected chi connectivity index (χ4v) is 1.72. The molecule has 1 rings (SSSR count). The summed E-state index contributed by atoms with van der Waals surface area (Å²) in [5.41, 5.74) is 4.68. The molecule has 0 bridgehead atoms. The number of hydrazine groups is 1. The van der Waals surface area contributed by atoms with Gasteiger partial charge in [0.1, 0.15) is 5.75 Å². The fourth-order valence-electron chi connectivity index (χ4n) is 1.45. The van der Waals surface area contributed by atoms with E-state index < -0.39 is 5.91 Å². The number of benzene rings is 1. The van der Waals surface area contributed by atoms with E-state index in [0.29, 0.717) is 12.2 Å². The van der Waals surface area contributed by atoms with E-state index in [1.807, 2.05) is 12.1 Å². The number of halogens is 1. The lowest BCUT2D eigenvalue weighted by atomic mass is 10.2. The maximum Gasteiger partial charge on any atom is 0.276 e. The lowest BCUT2D eigenvalue weighted by molar-refractivity contribution is -0.130. The first-order chi connectivity index (χ1) is 9.61. The van der Waals surface area contributed by atoms with Crippen LogP contribution >= 0.6 is 15.9 Å². The van der Waals surface area contributed by atoms with Crippen LogP contribution in [0.1, 0.15) is 32.6 Å². The lowest BCUT2D eigenvalue weighted by Crippen LogP contribution is -2.43. The van der Waals surface area contributed by atoms with Crippen LogP contribution in [-0.4, -0.2) is 18.4 Å². The van der Waals surface area contributed by atoms with E-state index in [0.717, 1.165) is 23.7 Å². The SMILES string of the molecule is CCCCCC(=O)NNC(=O)COc1ccc(Br)cc1. The zero-order chi connectivity index (χ0) is 14.8. The second-order valence-corrected chi connectivity index (χ2v) is 5.21. The summed E-state index contributed by atoms with van der Waals surface area (Å²) in [6.45, 7) is 1.93. The summed E-state index contributed by atoms with van der Waals surface area (Å²) >= 11 is 3.31. The van der Waals surface area contributed by atoms with Gasteiger partial charge in [0.25, 0.3) is 5.91 Å². The molecule has 5 nitrogen and oxygen atoms in total. The van der Waals surface area contributed by atoms with Crippen LogP contribution in [0.25, 0.3) is 0 Å². The Balaban J connectivity index is 2.17. The molecule has 110 valence electrons. The monoisotopic (exact) mass is 342 g/mol. The highest BCUT2D eigenvalue weighted by Gasteiger charge is 2.05. The number of nitrogens with one attached hydrogen (secondary N) is 2. The second-order valence-electron chi connectivity index (χ2n) is 4.30. The predicted molar refractivity (Wildman–Crippen MR) is 80.1 cm³/mol. The van der Waals surface area contributed by atoms with Crippen molar-refractivity contribution in [2.24, 2.45) is 0 Å². The Morgan fingerprint density at radius 2 is 1.75 bits per heavy atom. The third-order valence-electron chi connectivity index (χ3n) is 2.53. The van der Waals surface area contributed by atoms with Crippen molar-refractivity contribution in [3.05, 3.63) is 28.7 Å². The first kappa shape index (κ1) is 16.5. The van der Waals surface area contributed by atoms with Crippen LogP contribution < -0.4 is 15.6 Å². The summed E-state index contributed by atoms with van der Waals surface area (Å²) in [6.07, 6.45) is 3.31. The molecule has 1 aromatic carbocycles. The largest absolute Gasteiger partial charge is 0.484 e. The van der Waals surface area contributed by atoms with E-state index in [4.69, 9.17) is 4.74 Å². The Hall–Kier alpha value is -1.56. The minimum absolute atomic E-state index is 0.142. The zero-order valence-corrected chi connectivity index (χ0v) is 13.0. The van der Waals surface area contributed by atoms with Crippen LogP contribution in [0.2, 0.25) is 0 Å². The molecule has 0 saturated heterocycles. The number of carbonyl (C=O) groups excluding carboxylic acids is 2. The number of unbranched alkanes of at least 4 members (excludes halogenated alkanes) is 2. The number of carbonyl (C=O) groups is 2. The van der Waals surface area contributed by atoms with Crippen LogP contribution in [0.5, 0.6) is 5.75 Å². The minimum atomic E-state index is -0.392. The second kappa shape index (κ2) is 9.36. The molecule has 0 radical (unpaired) electrons. The predicted octanol–water partition coefficient (Wildman–Crippen LogP) is 2.56. The molecule has 0 atom stereocenters. The van der Waals surface area contributed by atoms with Crippen LogP contribution in [0.15, 0.2) is 28.7 Å². The molecule has 0 aliphatic heterocycles. The molecule has 20 heavy (non-hydrogen) atoms. The highest BCUT2D eigenvalue weighted by molar-refractivity contribution is 9.10. The van der Waals surface area contributed by atoms with Crippen molar-refractivity contribution in [1.29, 1.82) is 0 Å². The third-order valence-corrected chi connectivity index (χ3v) is 3.06. The Labute approximate surface area is 127 Å². The fraction of sp³-hybridized carbons (Fsp3) is 0.429. The summed E-state index contributed by atoms with van der Waals surface area (Å²) in [5.74, 6) is 0.0184. The first-order valence-corrected chi connectivity index (χ1v) is 7.37. The summed E-state index contributed by atoms with van der Waals surface area (Å²) in [6, 6.07) is 7.15. The molecular weight excluding hydrogens is 324 g/mol. The molecule has 0 heterocycles. The Kier molecular flexibility index (Phi) is 7.72. The quantitative estimate of drug-likeness (QED) is 0.591. The van der Waals surface area contributed by atoms with Crippen molar-refractivity contribution in [3.63, 3.8) is 0 Å². The van der Waals surface area contributed by atoms with Gasteiger partial charge in [-0.25, -0.2) is 0 Å². The number of hydrogen-bond acceptors (Lipinski definition) is 3. The topological polar surface area (TPSA) is 67.4 Å².